The Morgan fingerprint density at radius 3 is 2.64 bits per heavy atom. The summed E-state index contributed by atoms with van der Waals surface area (Å²) in [4.78, 5) is 0. The Labute approximate surface area is 86.3 Å². The van der Waals surface area contributed by atoms with E-state index in [0.29, 0.717) is 0 Å². The monoisotopic (exact) mass is 192 g/mol. The van der Waals surface area contributed by atoms with Gasteiger partial charge >= 0.3 is 0 Å². The van der Waals surface area contributed by atoms with Gasteiger partial charge in [0.25, 0.3) is 0 Å². The lowest BCUT2D eigenvalue weighted by Gasteiger charge is -2.14. The van der Waals surface area contributed by atoms with Crippen LogP contribution in [0.1, 0.15) is 35.6 Å². The Morgan fingerprint density at radius 1 is 1.29 bits per heavy atom. The van der Waals surface area contributed by atoms with Gasteiger partial charge in [-0.3, -0.25) is 0 Å². The number of nitrogens with two attached hydrogens (primary N) is 2. The molecule has 78 valence electrons. The largest absolute Gasteiger partial charge is 0.330 e. The number of hydrogen-bond acceptors (Lipinski definition) is 2. The van der Waals surface area contributed by atoms with Crippen LogP contribution in [0, 0.1) is 13.8 Å². The average molecular weight is 192 g/mol. The van der Waals surface area contributed by atoms with Crippen LogP contribution >= 0.6 is 0 Å². The van der Waals surface area contributed by atoms with Crippen molar-refractivity contribution in [1.29, 1.82) is 0 Å². The number of rotatable bonds is 4. The molecule has 2 nitrogen and oxygen atoms in total. The van der Waals surface area contributed by atoms with Gasteiger partial charge < -0.3 is 11.5 Å². The standard InChI is InChI=1S/C12H20N2/c1-9-5-6-10(2)11(8-9)12(14)4-3-7-13/h5-6,8,12H,3-4,7,13-14H2,1-2H3/t12-/m0/s1. The molecule has 1 aromatic carbocycles. The van der Waals surface area contributed by atoms with Crippen molar-refractivity contribution in [2.75, 3.05) is 6.54 Å². The fourth-order valence-electron chi connectivity index (χ4n) is 1.65. The van der Waals surface area contributed by atoms with Crippen molar-refractivity contribution >= 4 is 0 Å². The maximum absolute atomic E-state index is 6.10. The van der Waals surface area contributed by atoms with Crippen molar-refractivity contribution in [3.8, 4) is 0 Å². The first-order valence-electron chi connectivity index (χ1n) is 5.18. The third kappa shape index (κ3) is 2.82. The van der Waals surface area contributed by atoms with E-state index in [1.165, 1.54) is 16.7 Å². The van der Waals surface area contributed by atoms with Crippen molar-refractivity contribution in [3.05, 3.63) is 34.9 Å². The molecule has 1 aromatic rings. The van der Waals surface area contributed by atoms with Crippen LogP contribution in [0.25, 0.3) is 0 Å². The van der Waals surface area contributed by atoms with Crippen LogP contribution in [0.15, 0.2) is 18.2 Å². The van der Waals surface area contributed by atoms with Crippen molar-refractivity contribution < 1.29 is 0 Å². The molecular formula is C12H20N2. The van der Waals surface area contributed by atoms with E-state index in [2.05, 4.69) is 32.0 Å². The van der Waals surface area contributed by atoms with Crippen molar-refractivity contribution in [2.45, 2.75) is 32.7 Å². The molecule has 14 heavy (non-hydrogen) atoms. The molecule has 0 heterocycles. The topological polar surface area (TPSA) is 52.0 Å². The molecule has 0 saturated carbocycles. The Hall–Kier alpha value is -0.860. The Kier molecular flexibility index (Phi) is 4.11. The molecule has 0 fully saturated rings. The molecule has 4 N–H and O–H groups in total. The summed E-state index contributed by atoms with van der Waals surface area (Å²) in [5.41, 5.74) is 15.4. The summed E-state index contributed by atoms with van der Waals surface area (Å²) in [7, 11) is 0. The third-order valence-electron chi connectivity index (χ3n) is 2.55. The molecule has 0 aromatic heterocycles. The fraction of sp³-hybridized carbons (Fsp3) is 0.500. The van der Waals surface area contributed by atoms with Gasteiger partial charge in [-0.2, -0.15) is 0 Å². The molecule has 0 unspecified atom stereocenters. The van der Waals surface area contributed by atoms with Crippen LogP contribution in [0.4, 0.5) is 0 Å². The second-order valence-corrected chi connectivity index (χ2v) is 3.90. The molecule has 0 aliphatic carbocycles. The van der Waals surface area contributed by atoms with Gasteiger partial charge in [0.05, 0.1) is 0 Å². The van der Waals surface area contributed by atoms with Gasteiger partial charge in [-0.05, 0) is 44.4 Å². The van der Waals surface area contributed by atoms with Crippen LogP contribution in [-0.2, 0) is 0 Å². The van der Waals surface area contributed by atoms with Gasteiger partial charge in [0.1, 0.15) is 0 Å². The van der Waals surface area contributed by atoms with E-state index >= 15 is 0 Å². The Balaban J connectivity index is 2.77. The normalized spacial score (nSPS) is 12.9. The Bertz CT molecular complexity index is 294. The van der Waals surface area contributed by atoms with Crippen LogP contribution < -0.4 is 11.5 Å². The minimum Gasteiger partial charge on any atom is -0.330 e. The predicted octanol–water partition coefficient (Wildman–Crippen LogP) is 2.04. The van der Waals surface area contributed by atoms with E-state index in [1.807, 2.05) is 0 Å². The molecule has 0 saturated heterocycles. The smallest absolute Gasteiger partial charge is 0.0298 e. The molecule has 0 aliphatic heterocycles. The van der Waals surface area contributed by atoms with Gasteiger partial charge in [0, 0.05) is 6.04 Å². The number of benzene rings is 1. The summed E-state index contributed by atoms with van der Waals surface area (Å²) >= 11 is 0. The van der Waals surface area contributed by atoms with Crippen LogP contribution in [0.5, 0.6) is 0 Å². The zero-order valence-corrected chi connectivity index (χ0v) is 9.09. The number of aryl methyl sites for hydroxylation is 2. The summed E-state index contributed by atoms with van der Waals surface area (Å²) in [6.45, 7) is 4.92. The molecule has 1 atom stereocenters. The lowest BCUT2D eigenvalue weighted by atomic mass is 9.96. The summed E-state index contributed by atoms with van der Waals surface area (Å²) in [6.07, 6.45) is 1.97. The van der Waals surface area contributed by atoms with Crippen molar-refractivity contribution in [1.82, 2.24) is 0 Å². The first kappa shape index (κ1) is 11.2. The highest BCUT2D eigenvalue weighted by atomic mass is 14.6. The molecule has 0 radical (unpaired) electrons. The summed E-state index contributed by atoms with van der Waals surface area (Å²) in [6, 6.07) is 6.57. The maximum atomic E-state index is 6.10. The molecule has 0 amide bonds. The van der Waals surface area contributed by atoms with Crippen LogP contribution in [-0.4, -0.2) is 6.54 Å². The minimum absolute atomic E-state index is 0.137. The van der Waals surface area contributed by atoms with Crippen molar-refractivity contribution in [2.24, 2.45) is 11.5 Å². The highest BCUT2D eigenvalue weighted by Gasteiger charge is 2.08. The van der Waals surface area contributed by atoms with E-state index in [1.54, 1.807) is 0 Å². The molecule has 0 aliphatic rings. The number of hydrogen-bond donors (Lipinski definition) is 2. The molecule has 0 spiro atoms. The summed E-state index contributed by atoms with van der Waals surface area (Å²) in [5.74, 6) is 0. The second kappa shape index (κ2) is 5.13. The predicted molar refractivity (Wildman–Crippen MR) is 61.1 cm³/mol. The van der Waals surface area contributed by atoms with Gasteiger partial charge in [0.15, 0.2) is 0 Å². The lowest BCUT2D eigenvalue weighted by molar-refractivity contribution is 0.615. The highest BCUT2D eigenvalue weighted by molar-refractivity contribution is 5.32. The maximum Gasteiger partial charge on any atom is 0.0298 e. The quantitative estimate of drug-likeness (QED) is 0.767. The van der Waals surface area contributed by atoms with Gasteiger partial charge in [-0.25, -0.2) is 0 Å². The molecule has 0 bridgehead atoms. The van der Waals surface area contributed by atoms with Crippen LogP contribution in [0.2, 0.25) is 0 Å². The van der Waals surface area contributed by atoms with E-state index in [0.717, 1.165) is 19.4 Å². The summed E-state index contributed by atoms with van der Waals surface area (Å²) < 4.78 is 0. The molecular weight excluding hydrogens is 172 g/mol. The van der Waals surface area contributed by atoms with Gasteiger partial charge in [0.2, 0.25) is 0 Å². The van der Waals surface area contributed by atoms with Gasteiger partial charge in [-0.15, -0.1) is 0 Å². The zero-order chi connectivity index (χ0) is 10.6. The lowest BCUT2D eigenvalue weighted by Crippen LogP contribution is -2.13. The SMILES string of the molecule is Cc1ccc(C)c([C@@H](N)CCCN)c1. The third-order valence-corrected chi connectivity index (χ3v) is 2.55. The van der Waals surface area contributed by atoms with E-state index in [4.69, 9.17) is 11.5 Å². The minimum atomic E-state index is 0.137. The first-order valence-corrected chi connectivity index (χ1v) is 5.18. The molecule has 2 heteroatoms. The van der Waals surface area contributed by atoms with E-state index < -0.39 is 0 Å². The Morgan fingerprint density at radius 2 is 2.00 bits per heavy atom. The first-order chi connectivity index (χ1) is 6.65. The van der Waals surface area contributed by atoms with E-state index in [9.17, 15) is 0 Å². The van der Waals surface area contributed by atoms with Crippen LogP contribution in [0.3, 0.4) is 0 Å². The average Bonchev–Trinajstić information content (AvgIpc) is 2.18. The highest BCUT2D eigenvalue weighted by Crippen LogP contribution is 2.20. The summed E-state index contributed by atoms with van der Waals surface area (Å²) in [5, 5.41) is 0. The second-order valence-electron chi connectivity index (χ2n) is 3.90. The van der Waals surface area contributed by atoms with Gasteiger partial charge in [-0.1, -0.05) is 23.8 Å². The van der Waals surface area contributed by atoms with Crippen molar-refractivity contribution in [3.63, 3.8) is 0 Å². The molecule has 1 rings (SSSR count). The zero-order valence-electron chi connectivity index (χ0n) is 9.09. The van der Waals surface area contributed by atoms with E-state index in [-0.39, 0.29) is 6.04 Å². The fourth-order valence-corrected chi connectivity index (χ4v) is 1.65.